The van der Waals surface area contributed by atoms with E-state index < -0.39 is 0 Å². The van der Waals surface area contributed by atoms with Gasteiger partial charge in [-0.1, -0.05) is 23.1 Å². The molecule has 25 heavy (non-hydrogen) atoms. The van der Waals surface area contributed by atoms with Crippen molar-refractivity contribution in [1.82, 2.24) is 20.0 Å². The van der Waals surface area contributed by atoms with Gasteiger partial charge in [-0.2, -0.15) is 0 Å². The second-order valence-corrected chi connectivity index (χ2v) is 7.35. The summed E-state index contributed by atoms with van der Waals surface area (Å²) < 4.78 is 13.7. The van der Waals surface area contributed by atoms with E-state index in [0.717, 1.165) is 4.34 Å². The number of rotatable bonds is 4. The van der Waals surface area contributed by atoms with E-state index in [1.165, 1.54) is 47.4 Å². The van der Waals surface area contributed by atoms with E-state index in [1.807, 2.05) is 0 Å². The molecule has 2 heterocycles. The van der Waals surface area contributed by atoms with Crippen LogP contribution in [0.1, 0.15) is 0 Å². The van der Waals surface area contributed by atoms with E-state index in [2.05, 4.69) is 15.5 Å². The molecule has 1 aromatic heterocycles. The highest BCUT2D eigenvalue weighted by molar-refractivity contribution is 8.01. The summed E-state index contributed by atoms with van der Waals surface area (Å²) in [5.41, 5.74) is 2.17. The number of hydrogen-bond acceptors (Lipinski definition) is 6. The van der Waals surface area contributed by atoms with Crippen LogP contribution in [0.2, 0.25) is 0 Å². The summed E-state index contributed by atoms with van der Waals surface area (Å²) in [5.74, 6) is -0.00734. The molecule has 0 atom stereocenters. The quantitative estimate of drug-likeness (QED) is 0.821. The van der Waals surface area contributed by atoms with Crippen molar-refractivity contribution in [2.24, 2.45) is 0 Å². The fourth-order valence-electron chi connectivity index (χ4n) is 2.34. The molecule has 0 aliphatic carbocycles. The van der Waals surface area contributed by atoms with Crippen LogP contribution in [0, 0.1) is 5.82 Å². The normalized spacial score (nSPS) is 14.4. The van der Waals surface area contributed by atoms with Gasteiger partial charge in [0.25, 0.3) is 0 Å². The van der Waals surface area contributed by atoms with Crippen molar-refractivity contribution in [3.8, 4) is 0 Å². The molecule has 0 unspecified atom stereocenters. The number of aromatic nitrogens is 2. The number of amides is 3. The van der Waals surface area contributed by atoms with Gasteiger partial charge in [0.05, 0.1) is 5.75 Å². The lowest BCUT2D eigenvalue weighted by Gasteiger charge is -2.34. The summed E-state index contributed by atoms with van der Waals surface area (Å²) in [5, 5.41) is 10.3. The topological polar surface area (TPSA) is 78.4 Å². The van der Waals surface area contributed by atoms with Gasteiger partial charge in [0.1, 0.15) is 11.3 Å². The van der Waals surface area contributed by atoms with Gasteiger partial charge in [0.2, 0.25) is 5.91 Å². The summed E-state index contributed by atoms with van der Waals surface area (Å²) >= 11 is 2.77. The summed E-state index contributed by atoms with van der Waals surface area (Å²) in [6.45, 7) is 1.91. The Balaban J connectivity index is 1.43. The maximum absolute atomic E-state index is 12.9. The van der Waals surface area contributed by atoms with E-state index in [-0.39, 0.29) is 17.8 Å². The van der Waals surface area contributed by atoms with Gasteiger partial charge in [0.15, 0.2) is 4.34 Å². The molecule has 10 heteroatoms. The number of hydrogen-bond donors (Lipinski definition) is 1. The van der Waals surface area contributed by atoms with Gasteiger partial charge in [-0.15, -0.1) is 10.2 Å². The van der Waals surface area contributed by atoms with Crippen LogP contribution in [0.3, 0.4) is 0 Å². The predicted octanol–water partition coefficient (Wildman–Crippen LogP) is 2.15. The molecular weight excluding hydrogens is 365 g/mol. The van der Waals surface area contributed by atoms with Crippen molar-refractivity contribution in [3.05, 3.63) is 35.6 Å². The Morgan fingerprint density at radius 2 is 1.84 bits per heavy atom. The lowest BCUT2D eigenvalue weighted by Crippen LogP contribution is -2.52. The van der Waals surface area contributed by atoms with Crippen LogP contribution in [-0.2, 0) is 4.79 Å². The molecule has 3 amide bonds. The first kappa shape index (κ1) is 17.6. The van der Waals surface area contributed by atoms with E-state index in [4.69, 9.17) is 0 Å². The van der Waals surface area contributed by atoms with Crippen LogP contribution in [-0.4, -0.2) is 63.9 Å². The molecule has 0 bridgehead atoms. The Morgan fingerprint density at radius 1 is 1.16 bits per heavy atom. The largest absolute Gasteiger partial charge is 0.338 e. The standard InChI is InChI=1S/C15H16FN5O2S2/c16-11-1-3-12(4-2-11)18-14(23)21-7-5-20(6-8-21)13(22)9-24-15-19-17-10-25-15/h1-4,10H,5-9H2,(H,18,23). The molecular formula is C15H16FN5O2S2. The third-order valence-corrected chi connectivity index (χ3v) is 5.52. The van der Waals surface area contributed by atoms with Crippen LogP contribution >= 0.6 is 23.1 Å². The second-order valence-electron chi connectivity index (χ2n) is 5.30. The summed E-state index contributed by atoms with van der Waals surface area (Å²) in [4.78, 5) is 27.8. The minimum atomic E-state index is -0.350. The zero-order chi connectivity index (χ0) is 17.6. The number of carbonyl (C=O) groups excluding carboxylic acids is 2. The molecule has 1 fully saturated rings. The molecule has 0 spiro atoms. The highest BCUT2D eigenvalue weighted by atomic mass is 32.2. The van der Waals surface area contributed by atoms with Crippen LogP contribution in [0.4, 0.5) is 14.9 Å². The smallest absolute Gasteiger partial charge is 0.321 e. The lowest BCUT2D eigenvalue weighted by molar-refractivity contribution is -0.129. The number of nitrogens with one attached hydrogen (secondary N) is 1. The molecule has 1 saturated heterocycles. The zero-order valence-electron chi connectivity index (χ0n) is 13.2. The average Bonchev–Trinajstić information content (AvgIpc) is 3.15. The molecule has 0 saturated carbocycles. The van der Waals surface area contributed by atoms with Crippen molar-refractivity contribution in [2.45, 2.75) is 4.34 Å². The number of benzene rings is 1. The maximum Gasteiger partial charge on any atom is 0.321 e. The first-order chi connectivity index (χ1) is 12.1. The van der Waals surface area contributed by atoms with E-state index in [0.29, 0.717) is 37.6 Å². The van der Waals surface area contributed by atoms with Crippen LogP contribution in [0.15, 0.2) is 34.1 Å². The molecule has 1 aromatic carbocycles. The van der Waals surface area contributed by atoms with Crippen molar-refractivity contribution >= 4 is 40.7 Å². The van der Waals surface area contributed by atoms with Gasteiger partial charge >= 0.3 is 6.03 Å². The Morgan fingerprint density at radius 3 is 2.48 bits per heavy atom. The number of halogens is 1. The number of nitrogens with zero attached hydrogens (tertiary/aromatic N) is 4. The van der Waals surface area contributed by atoms with Crippen molar-refractivity contribution in [2.75, 3.05) is 37.2 Å². The van der Waals surface area contributed by atoms with E-state index in [1.54, 1.807) is 15.3 Å². The van der Waals surface area contributed by atoms with Gasteiger partial charge in [-0.3, -0.25) is 4.79 Å². The summed E-state index contributed by atoms with van der Waals surface area (Å²) in [6.07, 6.45) is 0. The van der Waals surface area contributed by atoms with Gasteiger partial charge < -0.3 is 15.1 Å². The third-order valence-electron chi connectivity index (χ3n) is 3.67. The molecule has 2 aromatic rings. The fraction of sp³-hybridized carbons (Fsp3) is 0.333. The SMILES string of the molecule is O=C(CSc1nncs1)N1CCN(C(=O)Nc2ccc(F)cc2)CC1. The van der Waals surface area contributed by atoms with E-state index >= 15 is 0 Å². The Kier molecular flexibility index (Phi) is 5.82. The van der Waals surface area contributed by atoms with Crippen LogP contribution < -0.4 is 5.32 Å². The zero-order valence-corrected chi connectivity index (χ0v) is 14.9. The molecule has 3 rings (SSSR count). The lowest BCUT2D eigenvalue weighted by atomic mass is 10.3. The minimum Gasteiger partial charge on any atom is -0.338 e. The molecule has 1 N–H and O–H groups in total. The number of thioether (sulfide) groups is 1. The fourth-order valence-corrected chi connectivity index (χ4v) is 3.73. The van der Waals surface area contributed by atoms with Crippen molar-refractivity contribution in [3.63, 3.8) is 0 Å². The summed E-state index contributed by atoms with van der Waals surface area (Å²) in [6, 6.07) is 5.36. The molecule has 0 radical (unpaired) electrons. The number of urea groups is 1. The van der Waals surface area contributed by atoms with Crippen LogP contribution in [0.25, 0.3) is 0 Å². The highest BCUT2D eigenvalue weighted by Gasteiger charge is 2.24. The third kappa shape index (κ3) is 4.89. The van der Waals surface area contributed by atoms with Crippen LogP contribution in [0.5, 0.6) is 0 Å². The number of carbonyl (C=O) groups is 2. The van der Waals surface area contributed by atoms with Gasteiger partial charge in [-0.25, -0.2) is 9.18 Å². The van der Waals surface area contributed by atoms with Gasteiger partial charge in [0, 0.05) is 31.9 Å². The first-order valence-corrected chi connectivity index (χ1v) is 9.46. The van der Waals surface area contributed by atoms with Crippen molar-refractivity contribution < 1.29 is 14.0 Å². The molecule has 1 aliphatic heterocycles. The molecule has 132 valence electrons. The van der Waals surface area contributed by atoms with E-state index in [9.17, 15) is 14.0 Å². The van der Waals surface area contributed by atoms with Crippen molar-refractivity contribution in [1.29, 1.82) is 0 Å². The second kappa shape index (κ2) is 8.26. The Labute approximate surface area is 152 Å². The Hall–Kier alpha value is -2.20. The van der Waals surface area contributed by atoms with Gasteiger partial charge in [-0.05, 0) is 24.3 Å². The summed E-state index contributed by atoms with van der Waals surface area (Å²) in [7, 11) is 0. The Bertz CT molecular complexity index is 718. The molecule has 7 nitrogen and oxygen atoms in total. The molecule has 1 aliphatic rings. The monoisotopic (exact) mass is 381 g/mol. The predicted molar refractivity (Wildman–Crippen MR) is 94.2 cm³/mol. The first-order valence-electron chi connectivity index (χ1n) is 7.60. The number of piperazine rings is 1. The minimum absolute atomic E-state index is 0.0267. The highest BCUT2D eigenvalue weighted by Crippen LogP contribution is 2.19. The maximum atomic E-state index is 12.9. The average molecular weight is 381 g/mol. The number of anilines is 1.